The number of anilines is 3. The molecule has 1 nitrogen and oxygen atoms in total. The topological polar surface area (TPSA) is 3.24 Å². The predicted molar refractivity (Wildman–Crippen MR) is 191 cm³/mol. The lowest BCUT2D eigenvalue weighted by atomic mass is 9.73. The largest absolute Gasteiger partial charge is 0.310 e. The van der Waals surface area contributed by atoms with E-state index in [1.807, 2.05) is 0 Å². The minimum Gasteiger partial charge on any atom is -0.310 e. The fourth-order valence-corrected chi connectivity index (χ4v) is 9.03. The van der Waals surface area contributed by atoms with Gasteiger partial charge in [-0.2, -0.15) is 0 Å². The first-order chi connectivity index (χ1) is 22.8. The Kier molecular flexibility index (Phi) is 4.57. The second kappa shape index (κ2) is 8.62. The van der Waals surface area contributed by atoms with Gasteiger partial charge in [0.05, 0.1) is 11.1 Å². The molecule has 0 aliphatic heterocycles. The summed E-state index contributed by atoms with van der Waals surface area (Å²) in [5.74, 6) is 0. The van der Waals surface area contributed by atoms with E-state index in [0.717, 1.165) is 5.69 Å². The highest BCUT2D eigenvalue weighted by molar-refractivity contribution is 6.07. The maximum absolute atomic E-state index is 2.50. The fraction of sp³-hybridized carbons (Fsp3) is 0.0222. The molecule has 0 saturated carbocycles. The summed E-state index contributed by atoms with van der Waals surface area (Å²) in [6, 6.07) is 61.1. The number of hydrogen-bond donors (Lipinski definition) is 0. The lowest BCUT2D eigenvalue weighted by molar-refractivity contribution is 0.818. The number of fused-ring (bicyclic) bond motifs is 7. The van der Waals surface area contributed by atoms with Crippen LogP contribution in [0.4, 0.5) is 17.1 Å². The minimum atomic E-state index is -0.312. The van der Waals surface area contributed by atoms with Crippen molar-refractivity contribution in [1.29, 1.82) is 0 Å². The average Bonchev–Trinajstić information content (AvgIpc) is 3.71. The Bertz CT molecular complexity index is 2570. The highest BCUT2D eigenvalue weighted by atomic mass is 15.1. The molecule has 0 bridgehead atoms. The monoisotopic (exact) mass is 581 g/mol. The van der Waals surface area contributed by atoms with Crippen molar-refractivity contribution in [1.82, 2.24) is 0 Å². The van der Waals surface area contributed by atoms with Crippen LogP contribution >= 0.6 is 0 Å². The molecular formula is C45H27N. The molecule has 0 fully saturated rings. The van der Waals surface area contributed by atoms with Crippen LogP contribution in [0.1, 0.15) is 22.3 Å². The summed E-state index contributed by atoms with van der Waals surface area (Å²) < 4.78 is 0. The van der Waals surface area contributed by atoms with Gasteiger partial charge in [-0.25, -0.2) is 0 Å². The van der Waals surface area contributed by atoms with Crippen molar-refractivity contribution in [3.63, 3.8) is 0 Å². The molecule has 0 radical (unpaired) electrons. The van der Waals surface area contributed by atoms with Gasteiger partial charge < -0.3 is 4.90 Å². The third-order valence-corrected chi connectivity index (χ3v) is 10.7. The lowest BCUT2D eigenvalue weighted by Gasteiger charge is -2.31. The third-order valence-electron chi connectivity index (χ3n) is 10.7. The summed E-state index contributed by atoms with van der Waals surface area (Å²) in [6.07, 6.45) is 0. The molecule has 0 N–H and O–H groups in total. The van der Waals surface area contributed by atoms with Crippen molar-refractivity contribution >= 4 is 38.6 Å². The maximum atomic E-state index is 2.50. The SMILES string of the molecule is c1ccc2c(c1)-c1cccc3c1C21c2cc(N(c4ccc5ccccc5c4)c4cccc5ccccc45)ccc2-c2cccc-3c21. The minimum absolute atomic E-state index is 0.312. The van der Waals surface area contributed by atoms with E-state index in [1.165, 1.54) is 88.6 Å². The number of rotatable bonds is 3. The zero-order chi connectivity index (χ0) is 30.0. The Labute approximate surface area is 267 Å². The van der Waals surface area contributed by atoms with Crippen LogP contribution in [0.2, 0.25) is 0 Å². The van der Waals surface area contributed by atoms with Crippen LogP contribution in [0.15, 0.2) is 164 Å². The first-order valence-electron chi connectivity index (χ1n) is 16.1. The summed E-state index contributed by atoms with van der Waals surface area (Å²) in [5, 5.41) is 4.96. The standard InChI is InChI=1S/C45H27N/c1-2-12-30-26-31(23-22-28(30)10-1)46(42-21-7-13-29-11-3-4-14-33(29)42)32-24-25-35-37-17-9-19-39-38-18-8-16-36-34-15-5-6-20-40(34)45(43(36)38,44(37)39)41(35)27-32/h1-27H. The van der Waals surface area contributed by atoms with Gasteiger partial charge in [-0.05, 0) is 102 Å². The van der Waals surface area contributed by atoms with Crippen LogP contribution in [0, 0.1) is 0 Å². The summed E-state index contributed by atoms with van der Waals surface area (Å²) in [7, 11) is 0. The summed E-state index contributed by atoms with van der Waals surface area (Å²) >= 11 is 0. The van der Waals surface area contributed by atoms with Gasteiger partial charge >= 0.3 is 0 Å². The van der Waals surface area contributed by atoms with Crippen LogP contribution in [-0.2, 0) is 5.41 Å². The number of hydrogen-bond acceptors (Lipinski definition) is 1. The van der Waals surface area contributed by atoms with Crippen LogP contribution in [0.25, 0.3) is 54.9 Å². The molecule has 46 heavy (non-hydrogen) atoms. The van der Waals surface area contributed by atoms with Crippen LogP contribution in [-0.4, -0.2) is 0 Å². The Balaban J connectivity index is 1.24. The van der Waals surface area contributed by atoms with Crippen molar-refractivity contribution in [2.45, 2.75) is 5.41 Å². The molecule has 0 saturated heterocycles. The van der Waals surface area contributed by atoms with Gasteiger partial charge in [0.15, 0.2) is 0 Å². The molecule has 1 atom stereocenters. The van der Waals surface area contributed by atoms with E-state index in [2.05, 4.69) is 169 Å². The molecule has 11 rings (SSSR count). The summed E-state index contributed by atoms with van der Waals surface area (Å²) in [6.45, 7) is 0. The lowest BCUT2D eigenvalue weighted by Crippen LogP contribution is -2.23. The van der Waals surface area contributed by atoms with Gasteiger partial charge in [0.2, 0.25) is 0 Å². The fourth-order valence-electron chi connectivity index (χ4n) is 9.03. The Morgan fingerprint density at radius 1 is 0.348 bits per heavy atom. The van der Waals surface area contributed by atoms with Crippen LogP contribution in [0.3, 0.4) is 0 Å². The second-order valence-corrected chi connectivity index (χ2v) is 12.8. The number of nitrogens with zero attached hydrogens (tertiary/aromatic N) is 1. The molecule has 1 spiro atoms. The molecule has 1 heteroatoms. The highest BCUT2D eigenvalue weighted by Crippen LogP contribution is 2.70. The zero-order valence-corrected chi connectivity index (χ0v) is 25.0. The maximum Gasteiger partial charge on any atom is 0.0738 e. The van der Waals surface area contributed by atoms with E-state index < -0.39 is 0 Å². The van der Waals surface area contributed by atoms with E-state index in [9.17, 15) is 0 Å². The van der Waals surface area contributed by atoms with Crippen molar-refractivity contribution in [2.24, 2.45) is 0 Å². The van der Waals surface area contributed by atoms with E-state index in [1.54, 1.807) is 0 Å². The van der Waals surface area contributed by atoms with Crippen molar-refractivity contribution < 1.29 is 0 Å². The molecule has 1 unspecified atom stereocenters. The zero-order valence-electron chi connectivity index (χ0n) is 25.0. The summed E-state index contributed by atoms with van der Waals surface area (Å²) in [4.78, 5) is 2.47. The van der Waals surface area contributed by atoms with Crippen LogP contribution in [0.5, 0.6) is 0 Å². The van der Waals surface area contributed by atoms with E-state index >= 15 is 0 Å². The third kappa shape index (κ3) is 2.87. The molecule has 8 aromatic rings. The predicted octanol–water partition coefficient (Wildman–Crippen LogP) is 11.8. The first kappa shape index (κ1) is 24.4. The smallest absolute Gasteiger partial charge is 0.0738 e. The quantitative estimate of drug-likeness (QED) is 0.201. The first-order valence-corrected chi connectivity index (χ1v) is 16.1. The molecule has 0 aromatic heterocycles. The Morgan fingerprint density at radius 3 is 1.70 bits per heavy atom. The van der Waals surface area contributed by atoms with Gasteiger partial charge in [0.1, 0.15) is 0 Å². The van der Waals surface area contributed by atoms with Crippen molar-refractivity contribution in [3.05, 3.63) is 186 Å². The van der Waals surface area contributed by atoms with Crippen molar-refractivity contribution in [2.75, 3.05) is 4.90 Å². The average molecular weight is 582 g/mol. The van der Waals surface area contributed by atoms with E-state index in [-0.39, 0.29) is 5.41 Å². The normalized spacial score (nSPS) is 15.9. The van der Waals surface area contributed by atoms with E-state index in [0.29, 0.717) is 0 Å². The Morgan fingerprint density at radius 2 is 0.891 bits per heavy atom. The molecule has 3 aliphatic carbocycles. The highest BCUT2D eigenvalue weighted by Gasteiger charge is 2.57. The Hall–Kier alpha value is -5.92. The van der Waals surface area contributed by atoms with E-state index in [4.69, 9.17) is 0 Å². The molecule has 0 amide bonds. The molecule has 212 valence electrons. The van der Waals surface area contributed by atoms with Gasteiger partial charge in [-0.1, -0.05) is 133 Å². The van der Waals surface area contributed by atoms with Crippen LogP contribution < -0.4 is 4.90 Å². The molecule has 3 aliphatic rings. The molecule has 8 aromatic carbocycles. The molecule has 0 heterocycles. The summed E-state index contributed by atoms with van der Waals surface area (Å²) in [5.41, 5.74) is 17.1. The van der Waals surface area contributed by atoms with Gasteiger partial charge in [0, 0.05) is 16.8 Å². The van der Waals surface area contributed by atoms with Gasteiger partial charge in [-0.15, -0.1) is 0 Å². The second-order valence-electron chi connectivity index (χ2n) is 12.8. The molecular weight excluding hydrogens is 555 g/mol. The number of benzene rings is 8. The van der Waals surface area contributed by atoms with Gasteiger partial charge in [0.25, 0.3) is 0 Å². The van der Waals surface area contributed by atoms with Gasteiger partial charge in [-0.3, -0.25) is 0 Å². The van der Waals surface area contributed by atoms with Crippen molar-refractivity contribution in [3.8, 4) is 33.4 Å².